The number of amides is 1. The molecule has 20 heavy (non-hydrogen) atoms. The molecule has 102 valence electrons. The van der Waals surface area contributed by atoms with Crippen LogP contribution in [0.15, 0.2) is 41.0 Å². The predicted molar refractivity (Wildman–Crippen MR) is 80.4 cm³/mol. The Morgan fingerprint density at radius 2 is 2.00 bits per heavy atom. The van der Waals surface area contributed by atoms with Gasteiger partial charge in [-0.1, -0.05) is 26.8 Å². The second-order valence-electron chi connectivity index (χ2n) is 6.04. The van der Waals surface area contributed by atoms with Crippen molar-refractivity contribution in [2.24, 2.45) is 0 Å². The van der Waals surface area contributed by atoms with E-state index >= 15 is 0 Å². The van der Waals surface area contributed by atoms with Crippen molar-refractivity contribution in [2.45, 2.75) is 26.2 Å². The lowest BCUT2D eigenvalue weighted by Gasteiger charge is -2.19. The number of rotatable bonds is 1. The van der Waals surface area contributed by atoms with Crippen molar-refractivity contribution in [1.29, 1.82) is 0 Å². The Hall–Kier alpha value is -2.29. The zero-order chi connectivity index (χ0) is 14.3. The summed E-state index contributed by atoms with van der Waals surface area (Å²) < 4.78 is 5.30. The summed E-state index contributed by atoms with van der Waals surface area (Å²) in [6.07, 6.45) is 3.39. The first-order valence-corrected chi connectivity index (χ1v) is 6.66. The maximum atomic E-state index is 12.1. The summed E-state index contributed by atoms with van der Waals surface area (Å²) in [6, 6.07) is 9.77. The number of carbonyl (C=O) groups excluding carboxylic acids is 1. The van der Waals surface area contributed by atoms with Crippen LogP contribution < -0.4 is 5.32 Å². The van der Waals surface area contributed by atoms with E-state index in [0.717, 1.165) is 11.3 Å². The molecular weight excluding hydrogens is 250 g/mol. The third kappa shape index (κ3) is 2.16. The van der Waals surface area contributed by atoms with Crippen LogP contribution in [0.5, 0.6) is 0 Å². The molecule has 0 saturated carbocycles. The van der Waals surface area contributed by atoms with Crippen LogP contribution in [-0.2, 0) is 10.2 Å². The Morgan fingerprint density at radius 1 is 1.20 bits per heavy atom. The first-order valence-electron chi connectivity index (χ1n) is 6.66. The number of hydrogen-bond donors (Lipinski definition) is 1. The average molecular weight is 267 g/mol. The molecule has 0 spiro atoms. The van der Waals surface area contributed by atoms with Gasteiger partial charge in [-0.3, -0.25) is 4.79 Å². The Labute approximate surface area is 118 Å². The second kappa shape index (κ2) is 4.37. The molecule has 1 aromatic carbocycles. The van der Waals surface area contributed by atoms with Crippen molar-refractivity contribution in [3.05, 3.63) is 53.5 Å². The van der Waals surface area contributed by atoms with Gasteiger partial charge in [0.05, 0.1) is 11.8 Å². The summed E-state index contributed by atoms with van der Waals surface area (Å²) in [5, 5.41) is 2.89. The van der Waals surface area contributed by atoms with Crippen molar-refractivity contribution in [3.63, 3.8) is 0 Å². The normalized spacial score (nSPS) is 16.4. The van der Waals surface area contributed by atoms with E-state index < -0.39 is 0 Å². The lowest BCUT2D eigenvalue weighted by atomic mass is 9.85. The van der Waals surface area contributed by atoms with Crippen molar-refractivity contribution in [1.82, 2.24) is 0 Å². The highest BCUT2D eigenvalue weighted by atomic mass is 16.3. The number of fused-ring (bicyclic) bond motifs is 1. The standard InChI is InChI=1S/C17H17NO2/c1-17(2,3)11-6-7-15-13(9-11)14(16(19)18-15)10-12-5-4-8-20-12/h4-10H,1-3H3,(H,18,19)/b14-10-. The number of anilines is 1. The molecule has 3 rings (SSSR count). The van der Waals surface area contributed by atoms with Gasteiger partial charge >= 0.3 is 0 Å². The van der Waals surface area contributed by atoms with Gasteiger partial charge in [0.25, 0.3) is 5.91 Å². The van der Waals surface area contributed by atoms with E-state index in [0.29, 0.717) is 11.3 Å². The molecular formula is C17H17NO2. The molecule has 0 saturated heterocycles. The summed E-state index contributed by atoms with van der Waals surface area (Å²) in [4.78, 5) is 12.1. The maximum absolute atomic E-state index is 12.1. The largest absolute Gasteiger partial charge is 0.465 e. The monoisotopic (exact) mass is 267 g/mol. The molecule has 0 bridgehead atoms. The van der Waals surface area contributed by atoms with Crippen LogP contribution in [0.2, 0.25) is 0 Å². The summed E-state index contributed by atoms with van der Waals surface area (Å²) >= 11 is 0. The number of hydrogen-bond acceptors (Lipinski definition) is 2. The summed E-state index contributed by atoms with van der Waals surface area (Å²) in [5.41, 5.74) is 3.72. The third-order valence-electron chi connectivity index (χ3n) is 3.50. The highest BCUT2D eigenvalue weighted by Gasteiger charge is 2.26. The SMILES string of the molecule is CC(C)(C)c1ccc2c(c1)/C(=C/c1ccco1)C(=O)N2. The number of benzene rings is 1. The van der Waals surface area contributed by atoms with Crippen LogP contribution >= 0.6 is 0 Å². The zero-order valence-corrected chi connectivity index (χ0v) is 11.9. The minimum Gasteiger partial charge on any atom is -0.465 e. The van der Waals surface area contributed by atoms with E-state index in [2.05, 4.69) is 38.2 Å². The van der Waals surface area contributed by atoms with Crippen LogP contribution in [-0.4, -0.2) is 5.91 Å². The molecule has 0 unspecified atom stereocenters. The number of nitrogens with one attached hydrogen (secondary N) is 1. The fraction of sp³-hybridized carbons (Fsp3) is 0.235. The number of carbonyl (C=O) groups is 1. The van der Waals surface area contributed by atoms with E-state index in [-0.39, 0.29) is 11.3 Å². The minimum atomic E-state index is -0.0811. The molecule has 1 aliphatic rings. The highest BCUT2D eigenvalue weighted by Crippen LogP contribution is 2.36. The van der Waals surface area contributed by atoms with Gasteiger partial charge in [0.2, 0.25) is 0 Å². The first kappa shape index (κ1) is 12.7. The predicted octanol–water partition coefficient (Wildman–Crippen LogP) is 4.07. The maximum Gasteiger partial charge on any atom is 0.256 e. The van der Waals surface area contributed by atoms with Crippen molar-refractivity contribution < 1.29 is 9.21 Å². The van der Waals surface area contributed by atoms with Gasteiger partial charge in [-0.05, 0) is 41.3 Å². The topological polar surface area (TPSA) is 42.2 Å². The van der Waals surface area contributed by atoms with Gasteiger partial charge < -0.3 is 9.73 Å². The molecule has 1 amide bonds. The van der Waals surface area contributed by atoms with E-state index in [9.17, 15) is 4.79 Å². The van der Waals surface area contributed by atoms with Gasteiger partial charge in [0.1, 0.15) is 5.76 Å². The van der Waals surface area contributed by atoms with Gasteiger partial charge in [-0.15, -0.1) is 0 Å². The lowest BCUT2D eigenvalue weighted by molar-refractivity contribution is -0.110. The summed E-state index contributed by atoms with van der Waals surface area (Å²) in [5.74, 6) is 0.603. The van der Waals surface area contributed by atoms with Crippen LogP contribution in [0.1, 0.15) is 37.7 Å². The smallest absolute Gasteiger partial charge is 0.256 e. The molecule has 2 aromatic rings. The first-order chi connectivity index (χ1) is 9.45. The Balaban J connectivity index is 2.11. The Bertz CT molecular complexity index is 688. The average Bonchev–Trinajstić information content (AvgIpc) is 2.97. The van der Waals surface area contributed by atoms with Crippen molar-refractivity contribution >= 4 is 23.2 Å². The Morgan fingerprint density at radius 3 is 2.65 bits per heavy atom. The molecule has 0 fully saturated rings. The molecule has 0 radical (unpaired) electrons. The van der Waals surface area contributed by atoms with Crippen LogP contribution in [0, 0.1) is 0 Å². The highest BCUT2D eigenvalue weighted by molar-refractivity contribution is 6.34. The Kier molecular flexibility index (Phi) is 2.78. The zero-order valence-electron chi connectivity index (χ0n) is 11.9. The molecule has 3 nitrogen and oxygen atoms in total. The van der Waals surface area contributed by atoms with E-state index in [1.165, 1.54) is 5.56 Å². The summed E-state index contributed by atoms with van der Waals surface area (Å²) in [7, 11) is 0. The van der Waals surface area contributed by atoms with Gasteiger partial charge in [-0.25, -0.2) is 0 Å². The second-order valence-corrected chi connectivity index (χ2v) is 6.04. The summed E-state index contributed by atoms with van der Waals surface area (Å²) in [6.45, 7) is 6.48. The molecule has 1 N–H and O–H groups in total. The number of furan rings is 1. The molecule has 1 aliphatic heterocycles. The quantitative estimate of drug-likeness (QED) is 0.791. The van der Waals surface area contributed by atoms with Crippen molar-refractivity contribution in [3.8, 4) is 0 Å². The van der Waals surface area contributed by atoms with E-state index in [1.807, 2.05) is 18.2 Å². The van der Waals surface area contributed by atoms with E-state index in [4.69, 9.17) is 4.42 Å². The lowest BCUT2D eigenvalue weighted by Crippen LogP contribution is -2.10. The fourth-order valence-electron chi connectivity index (χ4n) is 2.31. The van der Waals surface area contributed by atoms with Crippen molar-refractivity contribution in [2.75, 3.05) is 5.32 Å². The molecule has 3 heteroatoms. The van der Waals surface area contributed by atoms with Gasteiger partial charge in [-0.2, -0.15) is 0 Å². The molecule has 0 atom stereocenters. The molecule has 2 heterocycles. The van der Waals surface area contributed by atoms with Gasteiger partial charge in [0.15, 0.2) is 0 Å². The minimum absolute atomic E-state index is 0.0520. The van der Waals surface area contributed by atoms with Gasteiger partial charge in [0, 0.05) is 11.3 Å². The van der Waals surface area contributed by atoms with Crippen LogP contribution in [0.25, 0.3) is 11.6 Å². The fourth-order valence-corrected chi connectivity index (χ4v) is 2.31. The van der Waals surface area contributed by atoms with Crippen LogP contribution in [0.3, 0.4) is 0 Å². The molecule has 1 aromatic heterocycles. The molecule has 0 aliphatic carbocycles. The van der Waals surface area contributed by atoms with E-state index in [1.54, 1.807) is 12.3 Å². The third-order valence-corrected chi connectivity index (χ3v) is 3.50. The van der Waals surface area contributed by atoms with Crippen LogP contribution in [0.4, 0.5) is 5.69 Å².